The van der Waals surface area contributed by atoms with Crippen molar-refractivity contribution < 1.29 is 4.79 Å². The largest absolute Gasteiger partial charge is 0.345 e. The maximum atomic E-state index is 11.6. The first-order valence-electron chi connectivity index (χ1n) is 5.09. The van der Waals surface area contributed by atoms with Crippen molar-refractivity contribution in [2.75, 3.05) is 0 Å². The zero-order chi connectivity index (χ0) is 12.1. The highest BCUT2D eigenvalue weighted by Crippen LogP contribution is 1.96. The SMILES string of the molecule is Cc1ccc(CNC(=O)c2cnccn2)nn1. The van der Waals surface area contributed by atoms with E-state index in [0.717, 1.165) is 5.69 Å². The summed E-state index contributed by atoms with van der Waals surface area (Å²) in [6, 6.07) is 3.66. The fraction of sp³-hybridized carbons (Fsp3) is 0.182. The Morgan fingerprint density at radius 2 is 2.18 bits per heavy atom. The number of nitrogens with one attached hydrogen (secondary N) is 1. The zero-order valence-corrected chi connectivity index (χ0v) is 9.29. The van der Waals surface area contributed by atoms with Crippen molar-refractivity contribution >= 4 is 5.91 Å². The summed E-state index contributed by atoms with van der Waals surface area (Å²) in [4.78, 5) is 19.3. The third-order valence-electron chi connectivity index (χ3n) is 2.08. The second-order valence-electron chi connectivity index (χ2n) is 3.44. The van der Waals surface area contributed by atoms with E-state index in [-0.39, 0.29) is 11.6 Å². The molecule has 2 aromatic heterocycles. The van der Waals surface area contributed by atoms with E-state index >= 15 is 0 Å². The Morgan fingerprint density at radius 3 is 2.82 bits per heavy atom. The van der Waals surface area contributed by atoms with E-state index in [1.165, 1.54) is 18.6 Å². The molecule has 0 saturated heterocycles. The summed E-state index contributed by atoms with van der Waals surface area (Å²) in [6.07, 6.45) is 4.40. The molecule has 0 bridgehead atoms. The molecule has 1 amide bonds. The smallest absolute Gasteiger partial charge is 0.271 e. The van der Waals surface area contributed by atoms with E-state index in [4.69, 9.17) is 0 Å². The number of amides is 1. The number of rotatable bonds is 3. The summed E-state index contributed by atoms with van der Waals surface area (Å²) in [5, 5.41) is 10.5. The van der Waals surface area contributed by atoms with Crippen LogP contribution >= 0.6 is 0 Å². The molecule has 0 fully saturated rings. The van der Waals surface area contributed by atoms with Crippen LogP contribution in [0.5, 0.6) is 0 Å². The number of aromatic nitrogens is 4. The number of aryl methyl sites for hydroxylation is 1. The van der Waals surface area contributed by atoms with Crippen LogP contribution in [0.1, 0.15) is 21.9 Å². The highest BCUT2D eigenvalue weighted by Gasteiger charge is 2.06. The molecular weight excluding hydrogens is 218 g/mol. The first-order chi connectivity index (χ1) is 8.25. The molecule has 86 valence electrons. The van der Waals surface area contributed by atoms with Gasteiger partial charge in [-0.25, -0.2) is 4.98 Å². The highest BCUT2D eigenvalue weighted by atomic mass is 16.1. The van der Waals surface area contributed by atoms with Gasteiger partial charge >= 0.3 is 0 Å². The Hall–Kier alpha value is -2.37. The van der Waals surface area contributed by atoms with E-state index < -0.39 is 0 Å². The summed E-state index contributed by atoms with van der Waals surface area (Å²) in [7, 11) is 0. The maximum absolute atomic E-state index is 11.6. The lowest BCUT2D eigenvalue weighted by molar-refractivity contribution is 0.0945. The van der Waals surface area contributed by atoms with E-state index in [1.807, 2.05) is 19.1 Å². The van der Waals surface area contributed by atoms with Crippen LogP contribution in [-0.4, -0.2) is 26.1 Å². The fourth-order valence-electron chi connectivity index (χ4n) is 1.20. The van der Waals surface area contributed by atoms with Gasteiger partial charge in [0.15, 0.2) is 0 Å². The van der Waals surface area contributed by atoms with Crippen LogP contribution in [0.4, 0.5) is 0 Å². The number of carbonyl (C=O) groups is 1. The molecule has 6 nitrogen and oxygen atoms in total. The third-order valence-corrected chi connectivity index (χ3v) is 2.08. The number of carbonyl (C=O) groups excluding carboxylic acids is 1. The number of nitrogens with zero attached hydrogens (tertiary/aromatic N) is 4. The molecule has 1 N–H and O–H groups in total. The van der Waals surface area contributed by atoms with Crippen molar-refractivity contribution in [3.63, 3.8) is 0 Å². The fourth-order valence-corrected chi connectivity index (χ4v) is 1.20. The van der Waals surface area contributed by atoms with Crippen molar-refractivity contribution in [1.29, 1.82) is 0 Å². The first-order valence-corrected chi connectivity index (χ1v) is 5.09. The molecule has 0 aliphatic heterocycles. The van der Waals surface area contributed by atoms with Crippen molar-refractivity contribution in [1.82, 2.24) is 25.5 Å². The summed E-state index contributed by atoms with van der Waals surface area (Å²) >= 11 is 0. The summed E-state index contributed by atoms with van der Waals surface area (Å²) in [5.74, 6) is -0.277. The van der Waals surface area contributed by atoms with Crippen LogP contribution in [0.2, 0.25) is 0 Å². The standard InChI is InChI=1S/C11H11N5O/c1-8-2-3-9(16-15-8)6-14-11(17)10-7-12-4-5-13-10/h2-5,7H,6H2,1H3,(H,14,17). The second kappa shape index (κ2) is 5.11. The summed E-state index contributed by atoms with van der Waals surface area (Å²) < 4.78 is 0. The maximum Gasteiger partial charge on any atom is 0.271 e. The van der Waals surface area contributed by atoms with Gasteiger partial charge in [0.05, 0.1) is 24.1 Å². The third kappa shape index (κ3) is 3.04. The van der Waals surface area contributed by atoms with Gasteiger partial charge in [0, 0.05) is 12.4 Å². The molecule has 0 saturated carbocycles. The normalized spacial score (nSPS) is 9.94. The molecule has 0 atom stereocenters. The van der Waals surface area contributed by atoms with Crippen LogP contribution in [0, 0.1) is 6.92 Å². The van der Waals surface area contributed by atoms with Gasteiger partial charge in [0.1, 0.15) is 5.69 Å². The Morgan fingerprint density at radius 1 is 1.29 bits per heavy atom. The molecule has 0 aromatic carbocycles. The molecular formula is C11H11N5O. The highest BCUT2D eigenvalue weighted by molar-refractivity contribution is 5.91. The molecule has 0 aliphatic rings. The van der Waals surface area contributed by atoms with Gasteiger partial charge in [-0.3, -0.25) is 9.78 Å². The molecule has 0 unspecified atom stereocenters. The number of hydrogen-bond acceptors (Lipinski definition) is 5. The average molecular weight is 229 g/mol. The lowest BCUT2D eigenvalue weighted by Crippen LogP contribution is -2.24. The lowest BCUT2D eigenvalue weighted by Gasteiger charge is -2.03. The Kier molecular flexibility index (Phi) is 3.34. The molecule has 17 heavy (non-hydrogen) atoms. The minimum absolute atomic E-state index is 0.277. The van der Waals surface area contributed by atoms with Crippen molar-refractivity contribution in [2.45, 2.75) is 13.5 Å². The van der Waals surface area contributed by atoms with Crippen LogP contribution < -0.4 is 5.32 Å². The van der Waals surface area contributed by atoms with Crippen LogP contribution in [0.25, 0.3) is 0 Å². The molecule has 0 spiro atoms. The van der Waals surface area contributed by atoms with E-state index in [1.54, 1.807) is 0 Å². The monoisotopic (exact) mass is 229 g/mol. The predicted molar refractivity (Wildman–Crippen MR) is 60.0 cm³/mol. The number of hydrogen-bond donors (Lipinski definition) is 1. The van der Waals surface area contributed by atoms with Crippen molar-refractivity contribution in [3.8, 4) is 0 Å². The van der Waals surface area contributed by atoms with Gasteiger partial charge in [-0.05, 0) is 19.1 Å². The Bertz CT molecular complexity index is 497. The van der Waals surface area contributed by atoms with Crippen molar-refractivity contribution in [2.24, 2.45) is 0 Å². The Labute approximate surface area is 98.1 Å². The van der Waals surface area contributed by atoms with Gasteiger partial charge in [-0.15, -0.1) is 0 Å². The van der Waals surface area contributed by atoms with Gasteiger partial charge in [-0.2, -0.15) is 10.2 Å². The van der Waals surface area contributed by atoms with Gasteiger partial charge in [0.2, 0.25) is 0 Å². The summed E-state index contributed by atoms with van der Waals surface area (Å²) in [6.45, 7) is 2.18. The van der Waals surface area contributed by atoms with Gasteiger partial charge < -0.3 is 5.32 Å². The quantitative estimate of drug-likeness (QED) is 0.829. The van der Waals surface area contributed by atoms with Gasteiger partial charge in [0.25, 0.3) is 5.91 Å². The van der Waals surface area contributed by atoms with Crippen LogP contribution in [-0.2, 0) is 6.54 Å². The molecule has 0 aliphatic carbocycles. The van der Waals surface area contributed by atoms with Crippen LogP contribution in [0.3, 0.4) is 0 Å². The van der Waals surface area contributed by atoms with Crippen LogP contribution in [0.15, 0.2) is 30.7 Å². The van der Waals surface area contributed by atoms with Gasteiger partial charge in [-0.1, -0.05) is 0 Å². The molecule has 2 heterocycles. The van der Waals surface area contributed by atoms with Crippen molar-refractivity contribution in [3.05, 3.63) is 47.8 Å². The minimum Gasteiger partial charge on any atom is -0.345 e. The van der Waals surface area contributed by atoms with E-state index in [9.17, 15) is 4.79 Å². The summed E-state index contributed by atoms with van der Waals surface area (Å²) in [5.41, 5.74) is 1.83. The molecule has 0 radical (unpaired) electrons. The minimum atomic E-state index is -0.277. The average Bonchev–Trinajstić information content (AvgIpc) is 2.39. The molecule has 6 heteroatoms. The van der Waals surface area contributed by atoms with E-state index in [0.29, 0.717) is 12.2 Å². The molecule has 2 aromatic rings. The van der Waals surface area contributed by atoms with E-state index in [2.05, 4.69) is 25.5 Å². The molecule has 2 rings (SSSR count). The Balaban J connectivity index is 1.95. The first kappa shape index (κ1) is 11.1. The lowest BCUT2D eigenvalue weighted by atomic mass is 10.3. The zero-order valence-electron chi connectivity index (χ0n) is 9.29. The topological polar surface area (TPSA) is 80.7 Å². The second-order valence-corrected chi connectivity index (χ2v) is 3.44. The predicted octanol–water partition coefficient (Wildman–Crippen LogP) is 0.505.